The van der Waals surface area contributed by atoms with E-state index in [4.69, 9.17) is 5.73 Å². The summed E-state index contributed by atoms with van der Waals surface area (Å²) in [6, 6.07) is 5.79. The molecule has 0 saturated heterocycles. The minimum absolute atomic E-state index is 0. The topological polar surface area (TPSA) is 26.0 Å². The average molecular weight is 209 g/mol. The fourth-order valence-electron chi connectivity index (χ4n) is 0.725. The van der Waals surface area contributed by atoms with Gasteiger partial charge in [0, 0.05) is 32.7 Å². The molecule has 2 heteroatoms. The molecule has 0 saturated carbocycles. The summed E-state index contributed by atoms with van der Waals surface area (Å²) in [7, 11) is 0. The number of hydrogen-bond donors (Lipinski definition) is 1. The number of nitrogens with two attached hydrogens (primary N) is 1. The summed E-state index contributed by atoms with van der Waals surface area (Å²) < 4.78 is 0. The fraction of sp³-hybridized carbons (Fsp3) is 0.125. The molecule has 0 aliphatic heterocycles. The third-order valence-electron chi connectivity index (χ3n) is 1.45. The Hall–Kier alpha value is -0.00610. The normalized spacial score (nSPS) is 8.50. The largest absolute Gasteiger partial charge is 0.449 e. The molecule has 0 fully saturated rings. The summed E-state index contributed by atoms with van der Waals surface area (Å²) in [5.74, 6) is 0. The first-order valence-corrected chi connectivity index (χ1v) is 2.89. The molecule has 1 rings (SSSR count). The van der Waals surface area contributed by atoms with Crippen LogP contribution in [0, 0.1) is 13.8 Å². The molecule has 0 amide bonds. The average Bonchev–Trinajstić information content (AvgIpc) is 1.83. The number of hydrogen-bond acceptors (Lipinski definition) is 1. The van der Waals surface area contributed by atoms with Crippen molar-refractivity contribution < 1.29 is 32.7 Å². The van der Waals surface area contributed by atoms with Crippen LogP contribution in [0.5, 0.6) is 0 Å². The van der Waals surface area contributed by atoms with Gasteiger partial charge < -0.3 is 5.73 Å². The van der Waals surface area contributed by atoms with Crippen LogP contribution in [0.1, 0.15) is 11.1 Å². The molecule has 2 N–H and O–H groups in total. The molecular formula is C8H10NY-. The Morgan fingerprint density at radius 2 is 2.00 bits per heavy atom. The van der Waals surface area contributed by atoms with E-state index in [9.17, 15) is 0 Å². The number of nitrogen functional groups attached to an aromatic ring is 1. The Morgan fingerprint density at radius 1 is 1.40 bits per heavy atom. The maximum Gasteiger partial charge on any atom is 0 e. The molecule has 1 aromatic rings. The zero-order valence-corrected chi connectivity index (χ0v) is 8.93. The first-order valence-electron chi connectivity index (χ1n) is 2.89. The van der Waals surface area contributed by atoms with Gasteiger partial charge in [-0.25, -0.2) is 0 Å². The summed E-state index contributed by atoms with van der Waals surface area (Å²) in [6.07, 6.45) is 0. The summed E-state index contributed by atoms with van der Waals surface area (Å²) >= 11 is 0. The van der Waals surface area contributed by atoms with Gasteiger partial charge in [-0.3, -0.25) is 0 Å². The van der Waals surface area contributed by atoms with Gasteiger partial charge in [0.05, 0.1) is 0 Å². The van der Waals surface area contributed by atoms with Gasteiger partial charge in [0.25, 0.3) is 0 Å². The van der Waals surface area contributed by atoms with Gasteiger partial charge in [-0.05, 0) is 0 Å². The van der Waals surface area contributed by atoms with Gasteiger partial charge in [0.15, 0.2) is 0 Å². The standard InChI is InChI=1S/C8H10N.Y/c1-6-4-3-5-8(9)7(6)2;/h3-5H,2,9H2,1H3;/q-1;. The molecule has 0 spiro atoms. The fourth-order valence-corrected chi connectivity index (χ4v) is 0.725. The molecule has 51 valence electrons. The van der Waals surface area contributed by atoms with Gasteiger partial charge in [0.2, 0.25) is 0 Å². The van der Waals surface area contributed by atoms with E-state index < -0.39 is 0 Å². The predicted octanol–water partition coefficient (Wildman–Crippen LogP) is 1.76. The minimum Gasteiger partial charge on any atom is -0.449 e. The third-order valence-corrected chi connectivity index (χ3v) is 1.45. The van der Waals surface area contributed by atoms with E-state index in [0.29, 0.717) is 0 Å². The van der Waals surface area contributed by atoms with Crippen molar-refractivity contribution in [1.82, 2.24) is 0 Å². The van der Waals surface area contributed by atoms with Gasteiger partial charge in [0.1, 0.15) is 0 Å². The van der Waals surface area contributed by atoms with Crippen LogP contribution in [0.3, 0.4) is 0 Å². The van der Waals surface area contributed by atoms with Crippen LogP contribution in [0.25, 0.3) is 0 Å². The second-order valence-electron chi connectivity index (χ2n) is 2.14. The minimum atomic E-state index is 0. The van der Waals surface area contributed by atoms with E-state index in [2.05, 4.69) is 6.92 Å². The van der Waals surface area contributed by atoms with Crippen molar-refractivity contribution in [2.75, 3.05) is 5.73 Å². The molecule has 0 aliphatic carbocycles. The van der Waals surface area contributed by atoms with Gasteiger partial charge in [-0.2, -0.15) is 18.1 Å². The molecule has 0 aromatic heterocycles. The Balaban J connectivity index is 0.000000810. The number of rotatable bonds is 0. The summed E-state index contributed by atoms with van der Waals surface area (Å²) in [5.41, 5.74) is 8.42. The molecule has 1 aromatic carbocycles. The SMILES string of the molecule is [CH2-]c1c(C)cccc1N.[Y]. The molecule has 1 nitrogen and oxygen atoms in total. The van der Waals surface area contributed by atoms with E-state index in [1.807, 2.05) is 25.1 Å². The second kappa shape index (κ2) is 4.00. The van der Waals surface area contributed by atoms with Crippen molar-refractivity contribution in [3.8, 4) is 0 Å². The Bertz CT molecular complexity index is 200. The second-order valence-corrected chi connectivity index (χ2v) is 2.14. The summed E-state index contributed by atoms with van der Waals surface area (Å²) in [4.78, 5) is 0. The van der Waals surface area contributed by atoms with Crippen LogP contribution >= 0.6 is 0 Å². The quantitative estimate of drug-likeness (QED) is 0.511. The number of benzene rings is 1. The van der Waals surface area contributed by atoms with E-state index in [0.717, 1.165) is 16.8 Å². The van der Waals surface area contributed by atoms with Crippen LogP contribution in [0.2, 0.25) is 0 Å². The van der Waals surface area contributed by atoms with Crippen LogP contribution in [0.4, 0.5) is 5.69 Å². The Labute approximate surface area is 86.9 Å². The van der Waals surface area contributed by atoms with Gasteiger partial charge in [-0.1, -0.05) is 24.7 Å². The molecule has 10 heavy (non-hydrogen) atoms. The third kappa shape index (κ3) is 2.00. The number of anilines is 1. The van der Waals surface area contributed by atoms with Crippen molar-refractivity contribution in [2.24, 2.45) is 0 Å². The van der Waals surface area contributed by atoms with Crippen molar-refractivity contribution in [3.63, 3.8) is 0 Å². The molecule has 0 atom stereocenters. The van der Waals surface area contributed by atoms with Crippen LogP contribution in [0.15, 0.2) is 18.2 Å². The Kier molecular flexibility index (Phi) is 3.99. The van der Waals surface area contributed by atoms with Crippen molar-refractivity contribution >= 4 is 5.69 Å². The first-order chi connectivity index (χ1) is 4.22. The van der Waals surface area contributed by atoms with Crippen molar-refractivity contribution in [1.29, 1.82) is 0 Å². The molecule has 0 aliphatic rings. The van der Waals surface area contributed by atoms with Gasteiger partial charge in [-0.15, -0.1) is 6.07 Å². The van der Waals surface area contributed by atoms with Crippen molar-refractivity contribution in [3.05, 3.63) is 36.2 Å². The molecule has 0 heterocycles. The van der Waals surface area contributed by atoms with E-state index >= 15 is 0 Å². The summed E-state index contributed by atoms with van der Waals surface area (Å²) in [5, 5.41) is 0. The van der Waals surface area contributed by atoms with Crippen LogP contribution in [-0.4, -0.2) is 0 Å². The van der Waals surface area contributed by atoms with E-state index in [1.165, 1.54) is 0 Å². The number of aryl methyl sites for hydroxylation is 1. The van der Waals surface area contributed by atoms with Crippen LogP contribution < -0.4 is 5.73 Å². The molecule has 0 unspecified atom stereocenters. The molecular weight excluding hydrogens is 199 g/mol. The summed E-state index contributed by atoms with van der Waals surface area (Å²) in [6.45, 7) is 5.79. The smallest absolute Gasteiger partial charge is 0 e. The zero-order chi connectivity index (χ0) is 6.85. The maximum absolute atomic E-state index is 5.56. The first kappa shape index (κ1) is 9.99. The van der Waals surface area contributed by atoms with E-state index in [1.54, 1.807) is 0 Å². The molecule has 0 bridgehead atoms. The van der Waals surface area contributed by atoms with Gasteiger partial charge >= 0.3 is 0 Å². The predicted molar refractivity (Wildman–Crippen MR) is 40.1 cm³/mol. The van der Waals surface area contributed by atoms with Crippen molar-refractivity contribution in [2.45, 2.75) is 6.92 Å². The van der Waals surface area contributed by atoms with Crippen LogP contribution in [-0.2, 0) is 32.7 Å². The van der Waals surface area contributed by atoms with E-state index in [-0.39, 0.29) is 32.7 Å². The maximum atomic E-state index is 5.56. The Morgan fingerprint density at radius 3 is 2.40 bits per heavy atom. The monoisotopic (exact) mass is 209 g/mol. The zero-order valence-electron chi connectivity index (χ0n) is 6.09. The molecule has 1 radical (unpaired) electrons.